The summed E-state index contributed by atoms with van der Waals surface area (Å²) >= 11 is 4.80. The lowest BCUT2D eigenvalue weighted by atomic mass is 9.98. The molecule has 0 saturated carbocycles. The van der Waals surface area contributed by atoms with E-state index >= 15 is 0 Å². The molecule has 0 spiro atoms. The number of benzene rings is 2. The number of amides is 1. The minimum Gasteiger partial charge on any atom is -0.493 e. The molecule has 0 fully saturated rings. The average Bonchev–Trinajstić information content (AvgIpc) is 3.34. The van der Waals surface area contributed by atoms with E-state index in [-0.39, 0.29) is 16.8 Å². The van der Waals surface area contributed by atoms with Crippen molar-refractivity contribution in [1.82, 2.24) is 4.98 Å². The quantitative estimate of drug-likeness (QED) is 0.324. The highest BCUT2D eigenvalue weighted by Gasteiger charge is 2.45. The number of carbonyl (C=O) groups is 1. The molecular weight excluding hydrogens is 536 g/mol. The lowest BCUT2D eigenvalue weighted by Gasteiger charge is -2.24. The Morgan fingerprint density at radius 3 is 2.29 bits per heavy atom. The average molecular weight is 557 g/mol. The molecule has 1 atom stereocenters. The Hall–Kier alpha value is -3.37. The fraction of sp³-hybridized carbons (Fsp3) is 0.240. The van der Waals surface area contributed by atoms with E-state index in [0.717, 1.165) is 15.0 Å². The third-order valence-corrected chi connectivity index (χ3v) is 7.62. The number of fused-ring (bicyclic) bond motifs is 2. The van der Waals surface area contributed by atoms with E-state index in [1.807, 2.05) is 13.8 Å². The number of rotatable bonds is 5. The number of aromatic nitrogens is 1. The first-order valence-electron chi connectivity index (χ1n) is 10.6. The first-order valence-corrected chi connectivity index (χ1v) is 12.2. The van der Waals surface area contributed by atoms with Crippen LogP contribution in [0.25, 0.3) is 11.0 Å². The van der Waals surface area contributed by atoms with Crippen molar-refractivity contribution in [3.8, 4) is 17.2 Å². The number of thiazole rings is 1. The van der Waals surface area contributed by atoms with E-state index in [1.165, 1.54) is 37.6 Å². The zero-order valence-electron chi connectivity index (χ0n) is 19.6. The van der Waals surface area contributed by atoms with Crippen LogP contribution >= 0.6 is 27.3 Å². The first kappa shape index (κ1) is 23.4. The predicted octanol–water partition coefficient (Wildman–Crippen LogP) is 5.40. The summed E-state index contributed by atoms with van der Waals surface area (Å²) in [6, 6.07) is 7.79. The van der Waals surface area contributed by atoms with Crippen molar-refractivity contribution in [3.63, 3.8) is 0 Å². The molecule has 3 heterocycles. The second-order valence-electron chi connectivity index (χ2n) is 7.99. The Labute approximate surface area is 213 Å². The van der Waals surface area contributed by atoms with Crippen molar-refractivity contribution in [2.45, 2.75) is 19.9 Å². The van der Waals surface area contributed by atoms with Gasteiger partial charge in [-0.25, -0.2) is 4.98 Å². The summed E-state index contributed by atoms with van der Waals surface area (Å²) in [4.78, 5) is 34.7. The van der Waals surface area contributed by atoms with Gasteiger partial charge in [0.25, 0.3) is 5.91 Å². The highest BCUT2D eigenvalue weighted by molar-refractivity contribution is 9.10. The molecule has 2 aromatic carbocycles. The van der Waals surface area contributed by atoms with Gasteiger partial charge in [0.15, 0.2) is 22.1 Å². The van der Waals surface area contributed by atoms with Gasteiger partial charge < -0.3 is 18.6 Å². The number of methoxy groups -OCH3 is 3. The number of nitrogens with zero attached hydrogens (tertiary/aromatic N) is 2. The summed E-state index contributed by atoms with van der Waals surface area (Å²) in [5.74, 6) is 0.776. The molecule has 35 heavy (non-hydrogen) atoms. The summed E-state index contributed by atoms with van der Waals surface area (Å²) in [6.45, 7) is 3.82. The van der Waals surface area contributed by atoms with Crippen LogP contribution in [0.5, 0.6) is 17.2 Å². The first-order chi connectivity index (χ1) is 16.8. The van der Waals surface area contributed by atoms with Crippen LogP contribution in [0.3, 0.4) is 0 Å². The van der Waals surface area contributed by atoms with E-state index in [2.05, 4.69) is 20.9 Å². The Bertz CT molecular complexity index is 1520. The fourth-order valence-electron chi connectivity index (χ4n) is 4.28. The number of aryl methyl sites for hydroxylation is 2. The molecule has 5 rings (SSSR count). The third kappa shape index (κ3) is 3.59. The Morgan fingerprint density at radius 1 is 1.03 bits per heavy atom. The van der Waals surface area contributed by atoms with Crippen LogP contribution in [0.15, 0.2) is 44.0 Å². The van der Waals surface area contributed by atoms with Gasteiger partial charge in [-0.05, 0) is 49.7 Å². The number of hydrogen-bond donors (Lipinski definition) is 0. The summed E-state index contributed by atoms with van der Waals surface area (Å²) < 4.78 is 23.3. The molecule has 0 bridgehead atoms. The molecule has 0 N–H and O–H groups in total. The largest absolute Gasteiger partial charge is 0.493 e. The van der Waals surface area contributed by atoms with Gasteiger partial charge in [0.05, 0.1) is 44.0 Å². The molecule has 1 amide bonds. The smallest absolute Gasteiger partial charge is 0.297 e. The number of halogens is 1. The summed E-state index contributed by atoms with van der Waals surface area (Å²) in [6.07, 6.45) is 0. The monoisotopic (exact) mass is 556 g/mol. The van der Waals surface area contributed by atoms with Crippen molar-refractivity contribution in [2.24, 2.45) is 0 Å². The van der Waals surface area contributed by atoms with Crippen molar-refractivity contribution in [1.29, 1.82) is 0 Å². The van der Waals surface area contributed by atoms with E-state index in [1.54, 1.807) is 30.3 Å². The minimum absolute atomic E-state index is 0.00548. The molecule has 0 aliphatic carbocycles. The molecule has 2 aromatic heterocycles. The van der Waals surface area contributed by atoms with Gasteiger partial charge in [0, 0.05) is 9.35 Å². The standard InChI is InChI=1S/C25H21BrN2O6S/c1-11-12(2)35-25(27-11)28-20(13-8-17(31-3)22(33-5)18(9-13)32-4)19-21(29)15-10-14(26)6-7-16(15)34-23(19)24(28)30/h6-10,20H,1-5H3/t20-/m1/s1. The summed E-state index contributed by atoms with van der Waals surface area (Å²) in [7, 11) is 4.54. The van der Waals surface area contributed by atoms with Gasteiger partial charge in [0.1, 0.15) is 5.58 Å². The van der Waals surface area contributed by atoms with Crippen LogP contribution in [-0.2, 0) is 0 Å². The van der Waals surface area contributed by atoms with Gasteiger partial charge in [-0.1, -0.05) is 15.9 Å². The van der Waals surface area contributed by atoms with Gasteiger partial charge in [0.2, 0.25) is 11.5 Å². The lowest BCUT2D eigenvalue weighted by Crippen LogP contribution is -2.29. The SMILES string of the molecule is COc1cc([C@@H]2c3c(oc4ccc(Br)cc4c3=O)C(=O)N2c2nc(C)c(C)s2)cc(OC)c1OC. The van der Waals surface area contributed by atoms with Crippen molar-refractivity contribution >= 4 is 49.3 Å². The Morgan fingerprint density at radius 2 is 1.71 bits per heavy atom. The van der Waals surface area contributed by atoms with Gasteiger partial charge >= 0.3 is 0 Å². The van der Waals surface area contributed by atoms with E-state index < -0.39 is 11.9 Å². The van der Waals surface area contributed by atoms with E-state index in [0.29, 0.717) is 38.9 Å². The maximum Gasteiger partial charge on any atom is 0.297 e. The normalized spacial score (nSPS) is 15.0. The second kappa shape index (κ2) is 8.69. The topological polar surface area (TPSA) is 91.1 Å². The molecule has 180 valence electrons. The van der Waals surface area contributed by atoms with Crippen molar-refractivity contribution in [2.75, 3.05) is 26.2 Å². The van der Waals surface area contributed by atoms with Crippen LogP contribution in [-0.4, -0.2) is 32.2 Å². The summed E-state index contributed by atoms with van der Waals surface area (Å²) in [5, 5.41) is 0.844. The third-order valence-electron chi connectivity index (χ3n) is 6.06. The van der Waals surface area contributed by atoms with Crippen LogP contribution in [0, 0.1) is 13.8 Å². The Balaban J connectivity index is 1.85. The van der Waals surface area contributed by atoms with Crippen molar-refractivity contribution < 1.29 is 23.4 Å². The Kier molecular flexibility index (Phi) is 5.80. The lowest BCUT2D eigenvalue weighted by molar-refractivity contribution is 0.0971. The van der Waals surface area contributed by atoms with E-state index in [4.69, 9.17) is 18.6 Å². The molecule has 1 aliphatic heterocycles. The molecule has 4 aromatic rings. The molecule has 8 nitrogen and oxygen atoms in total. The zero-order chi connectivity index (χ0) is 25.0. The molecular formula is C25H21BrN2O6S. The van der Waals surface area contributed by atoms with Crippen LogP contribution in [0.1, 0.15) is 38.3 Å². The molecule has 0 saturated heterocycles. The second-order valence-corrected chi connectivity index (χ2v) is 10.1. The zero-order valence-corrected chi connectivity index (χ0v) is 22.0. The summed E-state index contributed by atoms with van der Waals surface area (Å²) in [5.41, 5.74) is 1.69. The number of hydrogen-bond acceptors (Lipinski definition) is 8. The van der Waals surface area contributed by atoms with Gasteiger partial charge in [-0.15, -0.1) is 11.3 Å². The number of anilines is 1. The number of ether oxygens (including phenoxy) is 3. The van der Waals surface area contributed by atoms with Gasteiger partial charge in [-0.3, -0.25) is 14.5 Å². The van der Waals surface area contributed by atoms with Crippen LogP contribution in [0.4, 0.5) is 5.13 Å². The van der Waals surface area contributed by atoms with Crippen molar-refractivity contribution in [3.05, 3.63) is 72.5 Å². The number of carbonyl (C=O) groups excluding carboxylic acids is 1. The van der Waals surface area contributed by atoms with E-state index in [9.17, 15) is 9.59 Å². The molecule has 0 unspecified atom stereocenters. The maximum absolute atomic E-state index is 13.8. The van der Waals surface area contributed by atoms with Crippen LogP contribution < -0.4 is 24.5 Å². The predicted molar refractivity (Wildman–Crippen MR) is 137 cm³/mol. The molecule has 1 aliphatic rings. The fourth-order valence-corrected chi connectivity index (χ4v) is 5.57. The van der Waals surface area contributed by atoms with Crippen LogP contribution in [0.2, 0.25) is 0 Å². The minimum atomic E-state index is -0.809. The molecule has 0 radical (unpaired) electrons. The van der Waals surface area contributed by atoms with Gasteiger partial charge in [-0.2, -0.15) is 0 Å². The highest BCUT2D eigenvalue weighted by atomic mass is 79.9. The highest BCUT2D eigenvalue weighted by Crippen LogP contribution is 2.47. The molecule has 10 heteroatoms. The maximum atomic E-state index is 13.8.